The smallest absolute Gasteiger partial charge is 0.297 e. The topological polar surface area (TPSA) is 52.6 Å². The second kappa shape index (κ2) is 8.94. The van der Waals surface area contributed by atoms with Crippen LogP contribution in [-0.2, 0) is 20.7 Å². The van der Waals surface area contributed by atoms with Crippen molar-refractivity contribution in [3.63, 3.8) is 0 Å². The molecule has 3 rings (SSSR count). The molecule has 1 aliphatic rings. The summed E-state index contributed by atoms with van der Waals surface area (Å²) >= 11 is 0. The highest BCUT2D eigenvalue weighted by Gasteiger charge is 2.31. The maximum Gasteiger partial charge on any atom is 0.297 e. The van der Waals surface area contributed by atoms with Crippen molar-refractivity contribution in [2.75, 3.05) is 6.61 Å². The Morgan fingerprint density at radius 2 is 1.83 bits per heavy atom. The molecule has 0 amide bonds. The van der Waals surface area contributed by atoms with Crippen molar-refractivity contribution in [1.82, 2.24) is 0 Å². The average molecular weight is 429 g/mol. The summed E-state index contributed by atoms with van der Waals surface area (Å²) in [6, 6.07) is 11.1. The summed E-state index contributed by atoms with van der Waals surface area (Å²) in [5.41, 5.74) is 5.47. The van der Waals surface area contributed by atoms with Gasteiger partial charge in [-0.25, -0.2) is 0 Å². The standard InChI is InChI=1S/C25H32O4S/c1-18-8-10-23(11-9-18)30(26,27)28-17-19(2)7-6-13-25(5)14-12-22-16-20(3)15-21(4)24(22)29-25/h7-11,15-16H,6,12-14,17H2,1-5H3/b19-7+/t25-/m1/s1. The summed E-state index contributed by atoms with van der Waals surface area (Å²) in [6.07, 6.45) is 5.75. The SMILES string of the molecule is C/C(=C\CC[C@]1(C)CCc2cc(C)cc(C)c2O1)COS(=O)(=O)c1ccc(C)cc1. The zero-order chi connectivity index (χ0) is 21.9. The average Bonchev–Trinajstić information content (AvgIpc) is 2.68. The Labute approximate surface area is 181 Å². The zero-order valence-electron chi connectivity index (χ0n) is 18.6. The van der Waals surface area contributed by atoms with E-state index >= 15 is 0 Å². The molecule has 0 aromatic heterocycles. The van der Waals surface area contributed by atoms with Crippen LogP contribution in [0.1, 0.15) is 55.4 Å². The lowest BCUT2D eigenvalue weighted by atomic mass is 9.87. The molecule has 0 bridgehead atoms. The van der Waals surface area contributed by atoms with Crippen LogP contribution in [0.2, 0.25) is 0 Å². The van der Waals surface area contributed by atoms with E-state index in [1.807, 2.05) is 13.8 Å². The van der Waals surface area contributed by atoms with E-state index in [9.17, 15) is 8.42 Å². The fraction of sp³-hybridized carbons (Fsp3) is 0.440. The van der Waals surface area contributed by atoms with Gasteiger partial charge < -0.3 is 4.74 Å². The minimum absolute atomic E-state index is 0.0645. The lowest BCUT2D eigenvalue weighted by molar-refractivity contribution is 0.0562. The summed E-state index contributed by atoms with van der Waals surface area (Å²) in [4.78, 5) is 0.188. The van der Waals surface area contributed by atoms with Crippen molar-refractivity contribution in [3.05, 3.63) is 70.3 Å². The number of hydrogen-bond donors (Lipinski definition) is 0. The number of fused-ring (bicyclic) bond motifs is 1. The first kappa shape index (κ1) is 22.6. The van der Waals surface area contributed by atoms with Gasteiger partial charge in [-0.05, 0) is 83.6 Å². The molecule has 2 aromatic rings. The predicted octanol–water partition coefficient (Wildman–Crippen LogP) is 5.83. The quantitative estimate of drug-likeness (QED) is 0.411. The van der Waals surface area contributed by atoms with Gasteiger partial charge in [0.1, 0.15) is 11.4 Å². The fourth-order valence-electron chi connectivity index (χ4n) is 3.87. The van der Waals surface area contributed by atoms with E-state index in [0.717, 1.165) is 42.6 Å². The molecule has 5 heteroatoms. The molecule has 0 spiro atoms. The molecule has 0 saturated heterocycles. The van der Waals surface area contributed by atoms with Gasteiger partial charge in [-0.15, -0.1) is 0 Å². The van der Waals surface area contributed by atoms with Crippen LogP contribution in [0, 0.1) is 20.8 Å². The Bertz CT molecular complexity index is 1040. The molecule has 0 aliphatic carbocycles. The number of benzene rings is 2. The third-order valence-electron chi connectivity index (χ3n) is 5.68. The van der Waals surface area contributed by atoms with Gasteiger partial charge >= 0.3 is 0 Å². The molecule has 1 atom stereocenters. The summed E-state index contributed by atoms with van der Waals surface area (Å²) in [7, 11) is -3.74. The molecule has 0 radical (unpaired) electrons. The highest BCUT2D eigenvalue weighted by molar-refractivity contribution is 7.86. The van der Waals surface area contributed by atoms with Gasteiger partial charge in [0.2, 0.25) is 0 Å². The van der Waals surface area contributed by atoms with Crippen LogP contribution in [0.5, 0.6) is 5.75 Å². The van der Waals surface area contributed by atoms with Crippen molar-refractivity contribution in [2.24, 2.45) is 0 Å². The molecule has 30 heavy (non-hydrogen) atoms. The van der Waals surface area contributed by atoms with Crippen LogP contribution in [-0.4, -0.2) is 20.6 Å². The molecule has 1 heterocycles. The monoisotopic (exact) mass is 428 g/mol. The Morgan fingerprint density at radius 1 is 1.13 bits per heavy atom. The Balaban J connectivity index is 1.55. The lowest BCUT2D eigenvalue weighted by Gasteiger charge is -2.37. The highest BCUT2D eigenvalue weighted by Crippen LogP contribution is 2.38. The molecule has 0 unspecified atom stereocenters. The van der Waals surface area contributed by atoms with E-state index in [0.29, 0.717) is 0 Å². The summed E-state index contributed by atoms with van der Waals surface area (Å²) in [6.45, 7) is 10.3. The van der Waals surface area contributed by atoms with Crippen LogP contribution >= 0.6 is 0 Å². The summed E-state index contributed by atoms with van der Waals surface area (Å²) in [5, 5.41) is 0. The molecular formula is C25H32O4S. The van der Waals surface area contributed by atoms with Gasteiger partial charge in [-0.2, -0.15) is 8.42 Å². The molecule has 4 nitrogen and oxygen atoms in total. The summed E-state index contributed by atoms with van der Waals surface area (Å²) < 4.78 is 36.3. The minimum atomic E-state index is -3.74. The largest absolute Gasteiger partial charge is 0.487 e. The van der Waals surface area contributed by atoms with E-state index in [-0.39, 0.29) is 17.1 Å². The normalized spacial score (nSPS) is 19.3. The summed E-state index contributed by atoms with van der Waals surface area (Å²) in [5.74, 6) is 1.03. The third kappa shape index (κ3) is 5.52. The third-order valence-corrected chi connectivity index (χ3v) is 6.96. The number of rotatable bonds is 7. The van der Waals surface area contributed by atoms with Crippen molar-refractivity contribution < 1.29 is 17.3 Å². The van der Waals surface area contributed by atoms with Crippen LogP contribution < -0.4 is 4.74 Å². The second-order valence-electron chi connectivity index (χ2n) is 8.74. The Kier molecular flexibility index (Phi) is 6.73. The lowest BCUT2D eigenvalue weighted by Crippen LogP contribution is -2.36. The van der Waals surface area contributed by atoms with Crippen LogP contribution in [0.25, 0.3) is 0 Å². The van der Waals surface area contributed by atoms with Gasteiger partial charge in [0, 0.05) is 0 Å². The second-order valence-corrected chi connectivity index (χ2v) is 10.4. The van der Waals surface area contributed by atoms with Gasteiger partial charge in [0.05, 0.1) is 11.5 Å². The van der Waals surface area contributed by atoms with Crippen molar-refractivity contribution in [2.45, 2.75) is 70.8 Å². The first-order valence-electron chi connectivity index (χ1n) is 10.5. The molecule has 1 aliphatic heterocycles. The maximum atomic E-state index is 12.3. The number of allylic oxidation sites excluding steroid dienone is 1. The molecule has 162 valence electrons. The van der Waals surface area contributed by atoms with Crippen molar-refractivity contribution in [1.29, 1.82) is 0 Å². The molecular weight excluding hydrogens is 396 g/mol. The first-order valence-corrected chi connectivity index (χ1v) is 11.9. The predicted molar refractivity (Wildman–Crippen MR) is 121 cm³/mol. The van der Waals surface area contributed by atoms with Gasteiger partial charge in [-0.3, -0.25) is 4.18 Å². The van der Waals surface area contributed by atoms with Crippen LogP contribution in [0.3, 0.4) is 0 Å². The van der Waals surface area contributed by atoms with Crippen LogP contribution in [0.4, 0.5) is 0 Å². The van der Waals surface area contributed by atoms with E-state index in [4.69, 9.17) is 8.92 Å². The minimum Gasteiger partial charge on any atom is -0.487 e. The first-order chi connectivity index (χ1) is 14.1. The van der Waals surface area contributed by atoms with E-state index in [1.54, 1.807) is 24.3 Å². The number of aryl methyl sites for hydroxylation is 4. The van der Waals surface area contributed by atoms with Gasteiger partial charge in [0.15, 0.2) is 0 Å². The maximum absolute atomic E-state index is 12.3. The zero-order valence-corrected chi connectivity index (χ0v) is 19.4. The van der Waals surface area contributed by atoms with E-state index in [1.165, 1.54) is 16.7 Å². The molecule has 0 fully saturated rings. The Morgan fingerprint density at radius 3 is 2.53 bits per heavy atom. The van der Waals surface area contributed by atoms with Crippen molar-refractivity contribution in [3.8, 4) is 5.75 Å². The Hall–Kier alpha value is -2.11. The van der Waals surface area contributed by atoms with E-state index in [2.05, 4.69) is 39.0 Å². The highest BCUT2D eigenvalue weighted by atomic mass is 32.2. The van der Waals surface area contributed by atoms with Crippen LogP contribution in [0.15, 0.2) is 52.9 Å². The molecule has 0 saturated carbocycles. The number of ether oxygens (including phenoxy) is 1. The number of hydrogen-bond acceptors (Lipinski definition) is 4. The fourth-order valence-corrected chi connectivity index (χ4v) is 4.82. The van der Waals surface area contributed by atoms with E-state index < -0.39 is 10.1 Å². The van der Waals surface area contributed by atoms with Gasteiger partial charge in [-0.1, -0.05) is 47.0 Å². The molecule has 2 aromatic carbocycles. The van der Waals surface area contributed by atoms with Gasteiger partial charge in [0.25, 0.3) is 10.1 Å². The molecule has 0 N–H and O–H groups in total. The van der Waals surface area contributed by atoms with Crippen molar-refractivity contribution >= 4 is 10.1 Å².